The first kappa shape index (κ1) is 52.0. The number of carbonyl (C=O) groups is 8. The third-order valence-corrected chi connectivity index (χ3v) is 14.6. The zero-order chi connectivity index (χ0) is 52.9. The van der Waals surface area contributed by atoms with Gasteiger partial charge in [0.1, 0.15) is 34.2 Å². The third kappa shape index (κ3) is 11.5. The van der Waals surface area contributed by atoms with Crippen molar-refractivity contribution in [1.29, 1.82) is 0 Å². The third-order valence-electron chi connectivity index (χ3n) is 14.1. The number of ether oxygens (including phenoxy) is 1. The minimum atomic E-state index is -1.22. The van der Waals surface area contributed by atoms with E-state index >= 15 is 0 Å². The average molecular weight is 1060 g/mol. The topological polar surface area (TPSA) is 273 Å². The van der Waals surface area contributed by atoms with Crippen molar-refractivity contribution in [2.45, 2.75) is 89.1 Å². The van der Waals surface area contributed by atoms with Gasteiger partial charge in [0.05, 0.1) is 39.1 Å². The van der Waals surface area contributed by atoms with Crippen molar-refractivity contribution in [3.8, 4) is 0 Å². The second-order valence-electron chi connectivity index (χ2n) is 18.8. The maximum Gasteiger partial charge on any atom is 0.338 e. The number of pyridine rings is 2. The molecule has 390 valence electrons. The second kappa shape index (κ2) is 22.7. The molecule has 10 rings (SSSR count). The molecule has 2 aliphatic carbocycles. The van der Waals surface area contributed by atoms with Crippen LogP contribution in [0.15, 0.2) is 81.9 Å². The molecule has 0 atom stereocenters. The lowest BCUT2D eigenvalue weighted by atomic mass is 9.84. The lowest BCUT2D eigenvalue weighted by Crippen LogP contribution is -2.40. The van der Waals surface area contributed by atoms with Gasteiger partial charge in [0.15, 0.2) is 0 Å². The number of methoxy groups -OCH3 is 1. The summed E-state index contributed by atoms with van der Waals surface area (Å²) in [5.41, 5.74) is 0.547. The predicted molar refractivity (Wildman–Crippen MR) is 276 cm³/mol. The number of carbonyl (C=O) groups excluding carboxylic acids is 7. The fourth-order valence-electron chi connectivity index (χ4n) is 10.4. The Labute approximate surface area is 438 Å². The van der Waals surface area contributed by atoms with Crippen LogP contribution in [0.4, 0.5) is 23.0 Å². The van der Waals surface area contributed by atoms with Crippen LogP contribution in [0.2, 0.25) is 10.0 Å². The van der Waals surface area contributed by atoms with Crippen LogP contribution in [-0.2, 0) is 23.9 Å². The van der Waals surface area contributed by atoms with Crippen LogP contribution in [0.1, 0.15) is 119 Å². The summed E-state index contributed by atoms with van der Waals surface area (Å²) in [4.78, 5) is 114. The zero-order valence-electron chi connectivity index (χ0n) is 40.6. The number of nitrogens with zero attached hydrogens (tertiary/aromatic N) is 4. The van der Waals surface area contributed by atoms with Crippen molar-refractivity contribution < 1.29 is 57.0 Å². The number of rotatable bonds is 12. The van der Waals surface area contributed by atoms with Crippen LogP contribution < -0.4 is 21.3 Å². The molecule has 6 heterocycles. The molecule has 2 saturated heterocycles. The first-order valence-corrected chi connectivity index (χ1v) is 25.4. The highest BCUT2D eigenvalue weighted by Crippen LogP contribution is 2.39. The quantitative estimate of drug-likeness (QED) is 0.0715. The summed E-state index contributed by atoms with van der Waals surface area (Å²) in [7, 11) is 1.25. The molecule has 6 amide bonds. The summed E-state index contributed by atoms with van der Waals surface area (Å²) >= 11 is 11.7. The van der Waals surface area contributed by atoms with Crippen molar-refractivity contribution in [3.05, 3.63) is 106 Å². The minimum Gasteiger partial charge on any atom is -0.478 e. The summed E-state index contributed by atoms with van der Waals surface area (Å²) in [6.07, 6.45) is 11.0. The van der Waals surface area contributed by atoms with Gasteiger partial charge in [-0.25, -0.2) is 19.6 Å². The standard InChI is InChI=1S/C27H27ClN4O6.C26H25ClN4O6/c1-37-27(36)18-4-2-5-19-22(18)23(24(38-19)26(35)30-20-12-9-16(28)14-29-20)31-25(34)15-7-10-17(11-8-15)32-13-3-6-21(32)33;27-15-8-11-19(28-13-15)29-25(34)23-22(21-17(26(35)36)3-1-4-18(21)37-23)30-24(33)14-6-9-16(10-7-14)31-12-2-5-20(31)32/h2,4-5,9,12,14-15,17H,3,6-8,10-11,13H2,1H3,(H,31,34)(H,29,30,35);1,3-4,8,11,13-14,16H,2,5-7,9-10,12H2,(H,30,33)(H,35,36)(H,28,29,34). The number of aromatic nitrogens is 2. The van der Waals surface area contributed by atoms with Crippen molar-refractivity contribution in [3.63, 3.8) is 0 Å². The van der Waals surface area contributed by atoms with Gasteiger partial charge in [-0.15, -0.1) is 0 Å². The van der Waals surface area contributed by atoms with Gasteiger partial charge in [0.2, 0.25) is 35.1 Å². The van der Waals surface area contributed by atoms with E-state index in [1.807, 2.05) is 9.80 Å². The molecule has 22 heteroatoms. The van der Waals surface area contributed by atoms with Crippen LogP contribution in [0.25, 0.3) is 21.9 Å². The van der Waals surface area contributed by atoms with Crippen molar-refractivity contribution >= 4 is 116 Å². The normalized spacial score (nSPS) is 19.6. The van der Waals surface area contributed by atoms with Gasteiger partial charge in [0, 0.05) is 62.2 Å². The fourth-order valence-corrected chi connectivity index (χ4v) is 10.6. The van der Waals surface area contributed by atoms with Gasteiger partial charge in [0.25, 0.3) is 11.8 Å². The van der Waals surface area contributed by atoms with Gasteiger partial charge in [-0.3, -0.25) is 28.8 Å². The van der Waals surface area contributed by atoms with Crippen molar-refractivity contribution in [2.24, 2.45) is 11.8 Å². The number of halogens is 2. The molecule has 2 aromatic carbocycles. The number of fused-ring (bicyclic) bond motifs is 2. The van der Waals surface area contributed by atoms with Crippen LogP contribution in [-0.4, -0.2) is 105 Å². The van der Waals surface area contributed by atoms with Gasteiger partial charge >= 0.3 is 11.9 Å². The number of carboxylic acids is 1. The first-order chi connectivity index (χ1) is 36.2. The number of furan rings is 2. The van der Waals surface area contributed by atoms with E-state index in [0.29, 0.717) is 61.4 Å². The van der Waals surface area contributed by atoms with Crippen LogP contribution in [0.5, 0.6) is 0 Å². The average Bonchev–Trinajstić information content (AvgIpc) is 4.23. The highest BCUT2D eigenvalue weighted by Gasteiger charge is 2.37. The molecule has 4 aliphatic rings. The molecule has 6 aromatic rings. The molecule has 2 aliphatic heterocycles. The Balaban J connectivity index is 0.000000184. The molecule has 0 radical (unpaired) electrons. The zero-order valence-corrected chi connectivity index (χ0v) is 42.1. The van der Waals surface area contributed by atoms with E-state index in [2.05, 4.69) is 31.2 Å². The predicted octanol–water partition coefficient (Wildman–Crippen LogP) is 9.19. The van der Waals surface area contributed by atoms with Crippen molar-refractivity contribution in [2.75, 3.05) is 41.5 Å². The molecule has 0 unspecified atom stereocenters. The number of amides is 6. The molecule has 0 spiro atoms. The van der Waals surface area contributed by atoms with E-state index in [9.17, 15) is 43.5 Å². The minimum absolute atomic E-state index is 0.00121. The first-order valence-electron chi connectivity index (χ1n) is 24.7. The lowest BCUT2D eigenvalue weighted by molar-refractivity contribution is -0.131. The number of aromatic carboxylic acids is 1. The number of esters is 1. The van der Waals surface area contributed by atoms with Crippen LogP contribution >= 0.6 is 23.2 Å². The Hall–Kier alpha value is -7.84. The van der Waals surface area contributed by atoms with E-state index in [1.165, 1.54) is 49.8 Å². The molecule has 4 fully saturated rings. The van der Waals surface area contributed by atoms with E-state index < -0.39 is 23.8 Å². The largest absolute Gasteiger partial charge is 0.478 e. The molecule has 75 heavy (non-hydrogen) atoms. The van der Waals surface area contributed by atoms with Crippen LogP contribution in [0.3, 0.4) is 0 Å². The highest BCUT2D eigenvalue weighted by atomic mass is 35.5. The van der Waals surface area contributed by atoms with E-state index in [1.54, 1.807) is 30.3 Å². The molecule has 4 aromatic heterocycles. The van der Waals surface area contributed by atoms with Crippen LogP contribution in [0, 0.1) is 11.8 Å². The van der Waals surface area contributed by atoms with Gasteiger partial charge in [-0.2, -0.15) is 0 Å². The molecule has 5 N–H and O–H groups in total. The van der Waals surface area contributed by atoms with Gasteiger partial charge in [-0.05, 0) is 113 Å². The molecule has 20 nitrogen and oxygen atoms in total. The van der Waals surface area contributed by atoms with Crippen molar-refractivity contribution in [1.82, 2.24) is 19.8 Å². The Morgan fingerprint density at radius 3 is 1.40 bits per heavy atom. The monoisotopic (exact) mass is 1060 g/mol. The molecular formula is C53H52Cl2N8O12. The number of hydrogen-bond donors (Lipinski definition) is 5. The Bertz CT molecular complexity index is 3200. The number of carboxylic acid groups (broad SMARTS) is 1. The Morgan fingerprint density at radius 1 is 0.600 bits per heavy atom. The van der Waals surface area contributed by atoms with Gasteiger partial charge < -0.3 is 49.7 Å². The number of benzene rings is 2. The van der Waals surface area contributed by atoms with E-state index in [4.69, 9.17) is 36.8 Å². The lowest BCUT2D eigenvalue weighted by Gasteiger charge is -2.34. The van der Waals surface area contributed by atoms with E-state index in [0.717, 1.165) is 38.8 Å². The maximum atomic E-state index is 13.4. The number of anilines is 4. The van der Waals surface area contributed by atoms with E-state index in [-0.39, 0.29) is 115 Å². The summed E-state index contributed by atoms with van der Waals surface area (Å²) in [5.74, 6) is -4.06. The summed E-state index contributed by atoms with van der Waals surface area (Å²) in [5, 5.41) is 21.8. The van der Waals surface area contributed by atoms with Gasteiger partial charge in [-0.1, -0.05) is 35.3 Å². The molecular weight excluding hydrogens is 1010 g/mol. The maximum absolute atomic E-state index is 13.4. The smallest absolute Gasteiger partial charge is 0.338 e. The number of nitrogens with one attached hydrogen (secondary N) is 4. The number of hydrogen-bond acceptors (Lipinski definition) is 13. The summed E-state index contributed by atoms with van der Waals surface area (Å²) < 4.78 is 16.5. The molecule has 2 saturated carbocycles. The highest BCUT2D eigenvalue weighted by molar-refractivity contribution is 6.31. The fraction of sp³-hybridized carbons (Fsp3) is 0.358. The molecule has 0 bridgehead atoms. The summed E-state index contributed by atoms with van der Waals surface area (Å²) in [6.45, 7) is 1.54. The Morgan fingerprint density at radius 2 is 1.03 bits per heavy atom. The summed E-state index contributed by atoms with van der Waals surface area (Å²) in [6, 6.07) is 15.6. The SMILES string of the molecule is COC(=O)c1cccc2oc(C(=O)Nc3ccc(Cl)cn3)c(NC(=O)C3CCC(N4CCCC4=O)CC3)c12.O=C(Nc1ccc(Cl)cn1)c1oc2cccc(C(=O)O)c2c1NC(=O)C1CCC(N2CCCC2=O)CC1. The second-order valence-corrected chi connectivity index (χ2v) is 19.6. The number of likely N-dealkylation sites (tertiary alicyclic amines) is 2. The Kier molecular flexibility index (Phi) is 15.8.